The molecule has 0 aromatic heterocycles. The fourth-order valence-electron chi connectivity index (χ4n) is 1.42. The summed E-state index contributed by atoms with van der Waals surface area (Å²) in [5.74, 6) is -0.855. The smallest absolute Gasteiger partial charge is 0.320 e. The van der Waals surface area contributed by atoms with E-state index >= 15 is 0 Å². The monoisotopic (exact) mass is 267 g/mol. The number of carbonyl (C=O) groups is 1. The number of aliphatic carboxylic acids is 1. The van der Waals surface area contributed by atoms with Gasteiger partial charge in [-0.15, -0.1) is 0 Å². The maximum absolute atomic E-state index is 10.5. The van der Waals surface area contributed by atoms with Gasteiger partial charge in [-0.05, 0) is 12.5 Å². The molecule has 1 rings (SSSR count). The lowest BCUT2D eigenvalue weighted by atomic mass is 10.2. The van der Waals surface area contributed by atoms with E-state index in [4.69, 9.17) is 14.6 Å². The van der Waals surface area contributed by atoms with Crippen molar-refractivity contribution in [1.29, 1.82) is 0 Å². The zero-order valence-corrected chi connectivity index (χ0v) is 11.2. The first-order chi connectivity index (χ1) is 9.20. The van der Waals surface area contributed by atoms with Gasteiger partial charge in [0.25, 0.3) is 0 Å². The van der Waals surface area contributed by atoms with Crippen LogP contribution >= 0.6 is 0 Å². The molecule has 0 unspecified atom stereocenters. The third kappa shape index (κ3) is 7.56. The predicted molar refractivity (Wildman–Crippen MR) is 72.0 cm³/mol. The van der Waals surface area contributed by atoms with Crippen molar-refractivity contribution in [1.82, 2.24) is 5.32 Å². The van der Waals surface area contributed by atoms with Crippen LogP contribution in [-0.2, 0) is 20.9 Å². The summed E-state index contributed by atoms with van der Waals surface area (Å²) in [6, 6.07) is 9.40. The lowest BCUT2D eigenvalue weighted by Crippen LogP contribution is -2.36. The van der Waals surface area contributed by atoms with Crippen molar-refractivity contribution in [3.8, 4) is 0 Å². The number of hydrogen-bond donors (Lipinski definition) is 2. The number of carboxylic acid groups (broad SMARTS) is 1. The Bertz CT molecular complexity index is 356. The standard InChI is InChI=1S/C14H21NO4/c1-12(14(16)17)15-7-8-18-9-10-19-11-13-5-3-2-4-6-13/h2-6,12,15H,7-11H2,1H3,(H,16,17)/t12-/m0/s1. The van der Waals surface area contributed by atoms with Gasteiger partial charge in [-0.3, -0.25) is 4.79 Å². The molecule has 5 heteroatoms. The zero-order valence-electron chi connectivity index (χ0n) is 11.2. The largest absolute Gasteiger partial charge is 0.480 e. The molecule has 0 spiro atoms. The third-order valence-electron chi connectivity index (χ3n) is 2.55. The molecule has 19 heavy (non-hydrogen) atoms. The van der Waals surface area contributed by atoms with Crippen molar-refractivity contribution >= 4 is 5.97 Å². The average molecular weight is 267 g/mol. The summed E-state index contributed by atoms with van der Waals surface area (Å²) in [5.41, 5.74) is 1.14. The summed E-state index contributed by atoms with van der Waals surface area (Å²) in [4.78, 5) is 10.5. The van der Waals surface area contributed by atoms with Crippen LogP contribution in [0.1, 0.15) is 12.5 Å². The number of ether oxygens (including phenoxy) is 2. The van der Waals surface area contributed by atoms with Crippen LogP contribution in [-0.4, -0.2) is 43.5 Å². The minimum absolute atomic E-state index is 0.478. The Labute approximate surface area is 113 Å². The topological polar surface area (TPSA) is 67.8 Å². The second-order valence-electron chi connectivity index (χ2n) is 4.16. The molecule has 0 heterocycles. The number of hydrogen-bond acceptors (Lipinski definition) is 4. The Morgan fingerprint density at radius 2 is 1.89 bits per heavy atom. The van der Waals surface area contributed by atoms with E-state index in [0.717, 1.165) is 5.56 Å². The first kappa shape index (κ1) is 15.6. The van der Waals surface area contributed by atoms with E-state index in [-0.39, 0.29) is 0 Å². The lowest BCUT2D eigenvalue weighted by Gasteiger charge is -2.09. The molecule has 0 aliphatic rings. The summed E-state index contributed by atoms with van der Waals surface area (Å²) in [7, 11) is 0. The summed E-state index contributed by atoms with van der Waals surface area (Å²) in [6.07, 6.45) is 0. The van der Waals surface area contributed by atoms with Gasteiger partial charge in [0.2, 0.25) is 0 Å². The van der Waals surface area contributed by atoms with Crippen LogP contribution in [0.2, 0.25) is 0 Å². The molecule has 0 aliphatic carbocycles. The molecule has 0 fully saturated rings. The highest BCUT2D eigenvalue weighted by atomic mass is 16.5. The molecular formula is C14H21NO4. The molecule has 1 atom stereocenters. The molecule has 1 aromatic carbocycles. The van der Waals surface area contributed by atoms with Crippen LogP contribution in [0.3, 0.4) is 0 Å². The highest BCUT2D eigenvalue weighted by molar-refractivity contribution is 5.72. The third-order valence-corrected chi connectivity index (χ3v) is 2.55. The molecule has 0 saturated heterocycles. The minimum Gasteiger partial charge on any atom is -0.480 e. The molecule has 0 amide bonds. The molecule has 0 bridgehead atoms. The second kappa shape index (κ2) is 9.49. The minimum atomic E-state index is -0.855. The zero-order chi connectivity index (χ0) is 13.9. The van der Waals surface area contributed by atoms with E-state index in [0.29, 0.717) is 33.0 Å². The Kier molecular flexibility index (Phi) is 7.81. The van der Waals surface area contributed by atoms with Crippen LogP contribution in [0.15, 0.2) is 30.3 Å². The Morgan fingerprint density at radius 3 is 2.58 bits per heavy atom. The second-order valence-corrected chi connectivity index (χ2v) is 4.16. The molecule has 2 N–H and O–H groups in total. The van der Waals surface area contributed by atoms with Gasteiger partial charge in [-0.1, -0.05) is 30.3 Å². The van der Waals surface area contributed by atoms with E-state index in [1.165, 1.54) is 0 Å². The van der Waals surface area contributed by atoms with Crippen molar-refractivity contribution in [2.75, 3.05) is 26.4 Å². The first-order valence-corrected chi connectivity index (χ1v) is 6.35. The Balaban J connectivity index is 1.90. The summed E-state index contributed by atoms with van der Waals surface area (Å²) < 4.78 is 10.8. The summed E-state index contributed by atoms with van der Waals surface area (Å²) in [6.45, 7) is 4.22. The van der Waals surface area contributed by atoms with Crippen molar-refractivity contribution in [3.63, 3.8) is 0 Å². The molecule has 1 aromatic rings. The molecule has 0 radical (unpaired) electrons. The van der Waals surface area contributed by atoms with Crippen molar-refractivity contribution in [2.24, 2.45) is 0 Å². The molecular weight excluding hydrogens is 246 g/mol. The van der Waals surface area contributed by atoms with Gasteiger partial charge >= 0.3 is 5.97 Å². The SMILES string of the molecule is C[C@H](NCCOCCOCc1ccccc1)C(=O)O. The first-order valence-electron chi connectivity index (χ1n) is 6.35. The van der Waals surface area contributed by atoms with Crippen molar-refractivity contribution < 1.29 is 19.4 Å². The normalized spacial score (nSPS) is 12.3. The van der Waals surface area contributed by atoms with Gasteiger partial charge < -0.3 is 19.9 Å². The van der Waals surface area contributed by atoms with Crippen LogP contribution in [0.4, 0.5) is 0 Å². The number of benzene rings is 1. The van der Waals surface area contributed by atoms with Crippen LogP contribution in [0.25, 0.3) is 0 Å². The highest BCUT2D eigenvalue weighted by Crippen LogP contribution is 1.99. The van der Waals surface area contributed by atoms with E-state index in [1.54, 1.807) is 6.92 Å². The van der Waals surface area contributed by atoms with Gasteiger partial charge in [-0.25, -0.2) is 0 Å². The maximum atomic E-state index is 10.5. The number of nitrogens with one attached hydrogen (secondary N) is 1. The van der Waals surface area contributed by atoms with E-state index in [1.807, 2.05) is 30.3 Å². The predicted octanol–water partition coefficient (Wildman–Crippen LogP) is 1.28. The van der Waals surface area contributed by atoms with Crippen LogP contribution < -0.4 is 5.32 Å². The molecule has 5 nitrogen and oxygen atoms in total. The van der Waals surface area contributed by atoms with Crippen molar-refractivity contribution in [2.45, 2.75) is 19.6 Å². The number of rotatable bonds is 10. The molecule has 0 saturated carbocycles. The van der Waals surface area contributed by atoms with Gasteiger partial charge in [0.1, 0.15) is 6.04 Å². The highest BCUT2D eigenvalue weighted by Gasteiger charge is 2.07. The number of carboxylic acids is 1. The molecule has 106 valence electrons. The molecule has 0 aliphatic heterocycles. The van der Waals surface area contributed by atoms with Gasteiger partial charge in [-0.2, -0.15) is 0 Å². The van der Waals surface area contributed by atoms with Crippen LogP contribution in [0, 0.1) is 0 Å². The maximum Gasteiger partial charge on any atom is 0.320 e. The van der Waals surface area contributed by atoms with E-state index in [2.05, 4.69) is 5.32 Å². The Morgan fingerprint density at radius 1 is 1.21 bits per heavy atom. The van der Waals surface area contributed by atoms with Gasteiger partial charge in [0.15, 0.2) is 0 Å². The summed E-state index contributed by atoms with van der Waals surface area (Å²) >= 11 is 0. The Hall–Kier alpha value is -1.43. The average Bonchev–Trinajstić information content (AvgIpc) is 2.42. The quantitative estimate of drug-likeness (QED) is 0.625. The van der Waals surface area contributed by atoms with E-state index < -0.39 is 12.0 Å². The fraction of sp³-hybridized carbons (Fsp3) is 0.500. The van der Waals surface area contributed by atoms with Crippen molar-refractivity contribution in [3.05, 3.63) is 35.9 Å². The lowest BCUT2D eigenvalue weighted by molar-refractivity contribution is -0.139. The van der Waals surface area contributed by atoms with E-state index in [9.17, 15) is 4.79 Å². The summed E-state index contributed by atoms with van der Waals surface area (Å²) in [5, 5.41) is 11.5. The van der Waals surface area contributed by atoms with Crippen LogP contribution in [0.5, 0.6) is 0 Å². The fourth-order valence-corrected chi connectivity index (χ4v) is 1.42. The van der Waals surface area contributed by atoms with Gasteiger partial charge in [0.05, 0.1) is 26.4 Å². The van der Waals surface area contributed by atoms with Gasteiger partial charge in [0, 0.05) is 6.54 Å².